The molecule has 0 saturated carbocycles. The summed E-state index contributed by atoms with van der Waals surface area (Å²) in [5, 5.41) is 5.58. The second-order valence-corrected chi connectivity index (χ2v) is 6.02. The van der Waals surface area contributed by atoms with Crippen LogP contribution in [0.4, 0.5) is 24.7 Å². The number of aromatic nitrogens is 1. The molecule has 1 amide bonds. The van der Waals surface area contributed by atoms with Gasteiger partial charge in [0, 0.05) is 18.4 Å². The van der Waals surface area contributed by atoms with Crippen LogP contribution in [-0.2, 0) is 6.18 Å². The van der Waals surface area contributed by atoms with Gasteiger partial charge in [0.2, 0.25) is 0 Å². The number of benzene rings is 1. The number of carbonyl (C=O) groups is 1. The van der Waals surface area contributed by atoms with Crippen LogP contribution in [0.25, 0.3) is 0 Å². The summed E-state index contributed by atoms with van der Waals surface area (Å²) in [6.45, 7) is 1.33. The number of halogens is 3. The molecule has 2 N–H and O–H groups in total. The molecule has 8 heteroatoms. The Morgan fingerprint density at radius 1 is 1.19 bits per heavy atom. The zero-order valence-corrected chi connectivity index (χ0v) is 14.6. The Bertz CT molecular complexity index is 747. The van der Waals surface area contributed by atoms with Crippen molar-refractivity contribution in [1.29, 1.82) is 0 Å². The first-order valence-corrected chi connectivity index (χ1v) is 8.09. The molecule has 0 atom stereocenters. The highest BCUT2D eigenvalue weighted by Crippen LogP contribution is 2.31. The van der Waals surface area contributed by atoms with Crippen LogP contribution in [0.1, 0.15) is 22.3 Å². The number of hydrogen-bond donors (Lipinski definition) is 2. The molecule has 1 heterocycles. The van der Waals surface area contributed by atoms with Crippen LogP contribution in [0, 0.1) is 0 Å². The van der Waals surface area contributed by atoms with E-state index in [2.05, 4.69) is 15.6 Å². The minimum atomic E-state index is -4.44. The molecule has 5 nitrogen and oxygen atoms in total. The van der Waals surface area contributed by atoms with Gasteiger partial charge in [0.1, 0.15) is 5.82 Å². The largest absolute Gasteiger partial charge is 0.416 e. The molecule has 0 aliphatic heterocycles. The summed E-state index contributed by atoms with van der Waals surface area (Å²) in [6, 6.07) is 7.93. The highest BCUT2D eigenvalue weighted by molar-refractivity contribution is 5.99. The summed E-state index contributed by atoms with van der Waals surface area (Å²) in [5.41, 5.74) is -0.289. The number of pyridine rings is 1. The Kier molecular flexibility index (Phi) is 6.57. The van der Waals surface area contributed by atoms with Gasteiger partial charge in [-0.25, -0.2) is 4.98 Å². The molecule has 0 aliphatic rings. The minimum Gasteiger partial charge on any atom is -0.352 e. The summed E-state index contributed by atoms with van der Waals surface area (Å²) in [5.74, 6) is -0.122. The van der Waals surface area contributed by atoms with Crippen molar-refractivity contribution < 1.29 is 18.0 Å². The first kappa shape index (κ1) is 19.7. The fourth-order valence-corrected chi connectivity index (χ4v) is 2.29. The van der Waals surface area contributed by atoms with Gasteiger partial charge in [-0.1, -0.05) is 6.07 Å². The quantitative estimate of drug-likeness (QED) is 0.736. The second kappa shape index (κ2) is 8.66. The monoisotopic (exact) mass is 366 g/mol. The molecule has 0 unspecified atom stereocenters. The lowest BCUT2D eigenvalue weighted by molar-refractivity contribution is -0.137. The normalized spacial score (nSPS) is 11.5. The van der Waals surface area contributed by atoms with Crippen LogP contribution >= 0.6 is 0 Å². The number of nitrogens with one attached hydrogen (secondary N) is 2. The van der Waals surface area contributed by atoms with Crippen molar-refractivity contribution in [2.75, 3.05) is 32.5 Å². The number of alkyl halides is 3. The van der Waals surface area contributed by atoms with E-state index in [0.29, 0.717) is 6.54 Å². The lowest BCUT2D eigenvalue weighted by Gasteiger charge is -2.13. The van der Waals surface area contributed by atoms with E-state index in [0.717, 1.165) is 25.1 Å². The van der Waals surface area contributed by atoms with Gasteiger partial charge >= 0.3 is 6.18 Å². The lowest BCUT2D eigenvalue weighted by atomic mass is 10.2. The molecular formula is C18H21F3N4O. The zero-order valence-electron chi connectivity index (χ0n) is 14.6. The molecule has 0 aliphatic carbocycles. The Balaban J connectivity index is 2.10. The summed E-state index contributed by atoms with van der Waals surface area (Å²) in [6.07, 6.45) is -2.18. The zero-order chi connectivity index (χ0) is 19.2. The number of hydrogen-bond acceptors (Lipinski definition) is 4. The SMILES string of the molecule is CN(C)CCCNC(=O)c1cccnc1Nc1cccc(C(F)(F)F)c1. The van der Waals surface area contributed by atoms with Crippen molar-refractivity contribution in [3.8, 4) is 0 Å². The van der Waals surface area contributed by atoms with Crippen LogP contribution in [0.5, 0.6) is 0 Å². The minimum absolute atomic E-state index is 0.205. The van der Waals surface area contributed by atoms with Crippen LogP contribution in [0.3, 0.4) is 0 Å². The first-order chi connectivity index (χ1) is 12.3. The summed E-state index contributed by atoms with van der Waals surface area (Å²) < 4.78 is 38.5. The topological polar surface area (TPSA) is 57.3 Å². The molecule has 26 heavy (non-hydrogen) atoms. The third-order valence-corrected chi connectivity index (χ3v) is 3.57. The van der Waals surface area contributed by atoms with E-state index >= 15 is 0 Å². The second-order valence-electron chi connectivity index (χ2n) is 6.02. The predicted molar refractivity (Wildman–Crippen MR) is 94.5 cm³/mol. The average Bonchev–Trinajstić information content (AvgIpc) is 2.58. The third-order valence-electron chi connectivity index (χ3n) is 3.57. The molecule has 0 bridgehead atoms. The van der Waals surface area contributed by atoms with Crippen LogP contribution in [0.2, 0.25) is 0 Å². The van der Waals surface area contributed by atoms with Crippen LogP contribution in [0.15, 0.2) is 42.6 Å². The molecule has 2 aromatic rings. The van der Waals surface area contributed by atoms with E-state index in [1.807, 2.05) is 19.0 Å². The first-order valence-electron chi connectivity index (χ1n) is 8.09. The summed E-state index contributed by atoms with van der Waals surface area (Å²) in [4.78, 5) is 18.4. The summed E-state index contributed by atoms with van der Waals surface area (Å²) in [7, 11) is 3.89. The molecular weight excluding hydrogens is 345 g/mol. The van der Waals surface area contributed by atoms with Crippen molar-refractivity contribution in [2.45, 2.75) is 12.6 Å². The number of rotatable bonds is 7. The molecule has 0 fully saturated rings. The van der Waals surface area contributed by atoms with E-state index in [9.17, 15) is 18.0 Å². The van der Waals surface area contributed by atoms with Gasteiger partial charge in [-0.05, 0) is 57.4 Å². The highest BCUT2D eigenvalue weighted by atomic mass is 19.4. The van der Waals surface area contributed by atoms with E-state index in [-0.39, 0.29) is 23.0 Å². The van der Waals surface area contributed by atoms with Crippen LogP contribution in [-0.4, -0.2) is 43.0 Å². The Morgan fingerprint density at radius 2 is 1.96 bits per heavy atom. The van der Waals surface area contributed by atoms with E-state index < -0.39 is 11.7 Å². The number of carbonyl (C=O) groups excluding carboxylic acids is 1. The molecule has 2 rings (SSSR count). The maximum atomic E-state index is 12.8. The summed E-state index contributed by atoms with van der Waals surface area (Å²) >= 11 is 0. The Hall–Kier alpha value is -2.61. The van der Waals surface area contributed by atoms with Crippen molar-refractivity contribution >= 4 is 17.4 Å². The highest BCUT2D eigenvalue weighted by Gasteiger charge is 2.30. The van der Waals surface area contributed by atoms with Gasteiger partial charge in [0.15, 0.2) is 0 Å². The maximum absolute atomic E-state index is 12.8. The van der Waals surface area contributed by atoms with Crippen LogP contribution < -0.4 is 10.6 Å². The van der Waals surface area contributed by atoms with E-state index in [1.165, 1.54) is 18.3 Å². The van der Waals surface area contributed by atoms with Gasteiger partial charge in [-0.2, -0.15) is 13.2 Å². The third kappa shape index (κ3) is 5.73. The molecule has 0 saturated heterocycles. The van der Waals surface area contributed by atoms with Gasteiger partial charge in [0.25, 0.3) is 5.91 Å². The van der Waals surface area contributed by atoms with Gasteiger partial charge < -0.3 is 15.5 Å². The van der Waals surface area contributed by atoms with Crippen molar-refractivity contribution in [3.63, 3.8) is 0 Å². The maximum Gasteiger partial charge on any atom is 0.416 e. The van der Waals surface area contributed by atoms with E-state index in [4.69, 9.17) is 0 Å². The Labute approximate surface area is 150 Å². The van der Waals surface area contributed by atoms with Crippen molar-refractivity contribution in [3.05, 3.63) is 53.7 Å². The smallest absolute Gasteiger partial charge is 0.352 e. The van der Waals surface area contributed by atoms with Gasteiger partial charge in [0.05, 0.1) is 11.1 Å². The van der Waals surface area contributed by atoms with Crippen molar-refractivity contribution in [1.82, 2.24) is 15.2 Å². The van der Waals surface area contributed by atoms with E-state index in [1.54, 1.807) is 12.1 Å². The van der Waals surface area contributed by atoms with Crippen molar-refractivity contribution in [2.24, 2.45) is 0 Å². The molecule has 140 valence electrons. The van der Waals surface area contributed by atoms with Gasteiger partial charge in [-0.3, -0.25) is 4.79 Å². The standard InChI is InChI=1S/C18H21F3N4O/c1-25(2)11-5-10-23-17(26)15-8-4-9-22-16(15)24-14-7-3-6-13(12-14)18(19,20)21/h3-4,6-9,12H,5,10-11H2,1-2H3,(H,22,24)(H,23,26). The lowest BCUT2D eigenvalue weighted by Crippen LogP contribution is -2.27. The number of nitrogens with zero attached hydrogens (tertiary/aromatic N) is 2. The fraction of sp³-hybridized carbons (Fsp3) is 0.333. The molecule has 0 radical (unpaired) electrons. The fourth-order valence-electron chi connectivity index (χ4n) is 2.29. The number of amides is 1. The Morgan fingerprint density at radius 3 is 2.65 bits per heavy atom. The van der Waals surface area contributed by atoms with Gasteiger partial charge in [-0.15, -0.1) is 0 Å². The molecule has 1 aromatic heterocycles. The average molecular weight is 366 g/mol. The predicted octanol–water partition coefficient (Wildman–Crippen LogP) is 3.53. The molecule has 0 spiro atoms. The number of anilines is 2. The molecule has 1 aromatic carbocycles.